The smallest absolute Gasteiger partial charge is 0.363 e. The van der Waals surface area contributed by atoms with Gasteiger partial charge in [-0.25, -0.2) is 8.42 Å². The van der Waals surface area contributed by atoms with E-state index in [0.717, 1.165) is 18.3 Å². The van der Waals surface area contributed by atoms with Gasteiger partial charge in [0.1, 0.15) is 10.6 Å². The molecule has 1 heterocycles. The number of nitro groups is 1. The Hall–Kier alpha value is -2.20. The number of nitrogens with zero attached hydrogens (tertiary/aromatic N) is 2. The minimum Gasteiger partial charge on any atom is -0.506 e. The van der Waals surface area contributed by atoms with Crippen LogP contribution in [0.4, 0.5) is 11.5 Å². The highest BCUT2D eigenvalue weighted by Crippen LogP contribution is 2.29. The standard InChI is InChI=1S/C11H8BrN3O5S/c12-7-1-3-10(16)9(5-7)14-21(19,20)8-2-4-11(13-6-8)15(17)18/h1-6,14,16H. The van der Waals surface area contributed by atoms with E-state index >= 15 is 0 Å². The number of hydrogen-bond acceptors (Lipinski definition) is 6. The summed E-state index contributed by atoms with van der Waals surface area (Å²) in [6.07, 6.45) is 0.871. The van der Waals surface area contributed by atoms with E-state index in [0.29, 0.717) is 4.47 Å². The first-order chi connectivity index (χ1) is 9.79. The van der Waals surface area contributed by atoms with Gasteiger partial charge in [0.2, 0.25) is 0 Å². The van der Waals surface area contributed by atoms with Gasteiger partial charge in [0.05, 0.1) is 5.69 Å². The van der Waals surface area contributed by atoms with Gasteiger partial charge in [-0.15, -0.1) is 0 Å². The number of phenolic OH excluding ortho intramolecular Hbond substituents is 1. The van der Waals surface area contributed by atoms with E-state index in [-0.39, 0.29) is 16.3 Å². The van der Waals surface area contributed by atoms with Crippen molar-refractivity contribution in [2.45, 2.75) is 4.90 Å². The van der Waals surface area contributed by atoms with Crippen LogP contribution in [0, 0.1) is 10.1 Å². The number of aromatic hydroxyl groups is 1. The normalized spacial score (nSPS) is 11.1. The van der Waals surface area contributed by atoms with Gasteiger partial charge in [-0.05, 0) is 34.2 Å². The number of halogens is 1. The SMILES string of the molecule is O=[N+]([O-])c1ccc(S(=O)(=O)Nc2cc(Br)ccc2O)cn1. The third kappa shape index (κ3) is 3.47. The van der Waals surface area contributed by atoms with Crippen LogP contribution in [-0.4, -0.2) is 23.4 Å². The van der Waals surface area contributed by atoms with Crippen molar-refractivity contribution in [3.05, 3.63) is 51.1 Å². The largest absolute Gasteiger partial charge is 0.506 e. The molecule has 0 spiro atoms. The van der Waals surface area contributed by atoms with Crippen LogP contribution < -0.4 is 4.72 Å². The summed E-state index contributed by atoms with van der Waals surface area (Å²) in [5, 5.41) is 20.1. The van der Waals surface area contributed by atoms with E-state index in [9.17, 15) is 23.6 Å². The zero-order valence-electron chi connectivity index (χ0n) is 10.2. The van der Waals surface area contributed by atoms with E-state index in [1.165, 1.54) is 12.1 Å². The number of benzene rings is 1. The first-order valence-electron chi connectivity index (χ1n) is 5.41. The maximum Gasteiger partial charge on any atom is 0.363 e. The van der Waals surface area contributed by atoms with Gasteiger partial charge in [-0.2, -0.15) is 0 Å². The summed E-state index contributed by atoms with van der Waals surface area (Å²) in [5.41, 5.74) is -0.0253. The molecule has 8 nitrogen and oxygen atoms in total. The molecule has 1 aromatic carbocycles. The van der Waals surface area contributed by atoms with Crippen molar-refractivity contribution in [2.75, 3.05) is 4.72 Å². The first-order valence-corrected chi connectivity index (χ1v) is 7.69. The summed E-state index contributed by atoms with van der Waals surface area (Å²) in [7, 11) is -4.01. The maximum atomic E-state index is 12.1. The molecule has 2 N–H and O–H groups in total. The minimum atomic E-state index is -4.01. The number of phenols is 1. The number of rotatable bonds is 4. The second-order valence-electron chi connectivity index (χ2n) is 3.88. The highest BCUT2D eigenvalue weighted by Gasteiger charge is 2.19. The van der Waals surface area contributed by atoms with Gasteiger partial charge in [-0.1, -0.05) is 15.9 Å². The molecule has 1 aromatic heterocycles. The number of aromatic nitrogens is 1. The summed E-state index contributed by atoms with van der Waals surface area (Å²) in [6.45, 7) is 0. The van der Waals surface area contributed by atoms with Crippen LogP contribution in [0.2, 0.25) is 0 Å². The molecule has 2 rings (SSSR count). The van der Waals surface area contributed by atoms with Crippen molar-refractivity contribution >= 4 is 37.5 Å². The fourth-order valence-electron chi connectivity index (χ4n) is 1.43. The first kappa shape index (κ1) is 15.2. The second kappa shape index (κ2) is 5.66. The van der Waals surface area contributed by atoms with Crippen LogP contribution >= 0.6 is 15.9 Å². The van der Waals surface area contributed by atoms with Gasteiger partial charge in [0.25, 0.3) is 10.0 Å². The number of nitrogens with one attached hydrogen (secondary N) is 1. The Labute approximate surface area is 127 Å². The zero-order valence-corrected chi connectivity index (χ0v) is 12.6. The van der Waals surface area contributed by atoms with Crippen LogP contribution in [0.15, 0.2) is 45.9 Å². The lowest BCUT2D eigenvalue weighted by atomic mass is 10.3. The van der Waals surface area contributed by atoms with Crippen molar-refractivity contribution in [3.8, 4) is 5.75 Å². The zero-order chi connectivity index (χ0) is 15.6. The lowest BCUT2D eigenvalue weighted by Crippen LogP contribution is -2.13. The van der Waals surface area contributed by atoms with Gasteiger partial charge in [0.15, 0.2) is 6.20 Å². The number of hydrogen-bond donors (Lipinski definition) is 2. The van der Waals surface area contributed by atoms with Gasteiger partial charge >= 0.3 is 5.82 Å². The molecule has 0 unspecified atom stereocenters. The van der Waals surface area contributed by atoms with Crippen LogP contribution in [0.5, 0.6) is 5.75 Å². The van der Waals surface area contributed by atoms with Crippen molar-refractivity contribution in [3.63, 3.8) is 0 Å². The summed E-state index contributed by atoms with van der Waals surface area (Å²) in [4.78, 5) is 12.9. The Balaban J connectivity index is 2.34. The topological polar surface area (TPSA) is 122 Å². The summed E-state index contributed by atoms with van der Waals surface area (Å²) in [6, 6.07) is 6.28. The van der Waals surface area contributed by atoms with E-state index in [1.807, 2.05) is 0 Å². The lowest BCUT2D eigenvalue weighted by Gasteiger charge is -2.09. The van der Waals surface area contributed by atoms with Crippen LogP contribution in [0.1, 0.15) is 0 Å². The fourth-order valence-corrected chi connectivity index (χ4v) is 2.80. The molecule has 10 heteroatoms. The van der Waals surface area contributed by atoms with Gasteiger partial charge < -0.3 is 15.2 Å². The molecule has 0 fully saturated rings. The predicted molar refractivity (Wildman–Crippen MR) is 77.5 cm³/mol. The van der Waals surface area contributed by atoms with Crippen molar-refractivity contribution in [2.24, 2.45) is 0 Å². The number of anilines is 1. The number of pyridine rings is 1. The molecule has 0 bridgehead atoms. The predicted octanol–water partition coefficient (Wildman–Crippen LogP) is 2.26. The molecule has 0 aliphatic carbocycles. The van der Waals surface area contributed by atoms with Crippen molar-refractivity contribution in [1.29, 1.82) is 0 Å². The molecule has 21 heavy (non-hydrogen) atoms. The van der Waals surface area contributed by atoms with E-state index in [4.69, 9.17) is 0 Å². The quantitative estimate of drug-likeness (QED) is 0.481. The lowest BCUT2D eigenvalue weighted by molar-refractivity contribution is -0.389. The summed E-state index contributed by atoms with van der Waals surface area (Å²) in [5.74, 6) is -0.712. The molecule has 0 saturated heterocycles. The van der Waals surface area contributed by atoms with E-state index < -0.39 is 20.8 Å². The molecular weight excluding hydrogens is 366 g/mol. The summed E-state index contributed by atoms with van der Waals surface area (Å²) < 4.78 is 26.9. The van der Waals surface area contributed by atoms with Gasteiger partial charge in [-0.3, -0.25) is 4.72 Å². The molecule has 0 aliphatic heterocycles. The molecule has 110 valence electrons. The maximum absolute atomic E-state index is 12.1. The fraction of sp³-hybridized carbons (Fsp3) is 0. The molecule has 0 amide bonds. The van der Waals surface area contributed by atoms with Crippen molar-refractivity contribution in [1.82, 2.24) is 4.98 Å². The van der Waals surface area contributed by atoms with Crippen LogP contribution in [-0.2, 0) is 10.0 Å². The Bertz CT molecular complexity index is 792. The van der Waals surface area contributed by atoms with E-state index in [2.05, 4.69) is 25.6 Å². The van der Waals surface area contributed by atoms with E-state index in [1.54, 1.807) is 6.07 Å². The average molecular weight is 374 g/mol. The van der Waals surface area contributed by atoms with Gasteiger partial charge in [0, 0.05) is 10.5 Å². The highest BCUT2D eigenvalue weighted by atomic mass is 79.9. The highest BCUT2D eigenvalue weighted by molar-refractivity contribution is 9.10. The second-order valence-corrected chi connectivity index (χ2v) is 6.47. The minimum absolute atomic E-state index is 0.0253. The molecule has 0 radical (unpaired) electrons. The third-order valence-corrected chi connectivity index (χ3v) is 4.27. The number of sulfonamides is 1. The van der Waals surface area contributed by atoms with Crippen LogP contribution in [0.25, 0.3) is 0 Å². The summed E-state index contributed by atoms with van der Waals surface area (Å²) >= 11 is 3.15. The molecular formula is C11H8BrN3O5S. The van der Waals surface area contributed by atoms with Crippen LogP contribution in [0.3, 0.4) is 0 Å². The average Bonchev–Trinajstić information content (AvgIpc) is 2.43. The van der Waals surface area contributed by atoms with Crippen molar-refractivity contribution < 1.29 is 18.4 Å². The molecule has 0 atom stereocenters. The third-order valence-electron chi connectivity index (χ3n) is 2.42. The monoisotopic (exact) mass is 373 g/mol. The molecule has 0 saturated carbocycles. The Morgan fingerprint density at radius 1 is 1.29 bits per heavy atom. The Morgan fingerprint density at radius 2 is 2.00 bits per heavy atom. The Morgan fingerprint density at radius 3 is 2.57 bits per heavy atom. The Kier molecular flexibility index (Phi) is 4.09. The molecule has 0 aliphatic rings. The molecule has 2 aromatic rings.